The van der Waals surface area contributed by atoms with Crippen molar-refractivity contribution in [1.82, 2.24) is 5.32 Å². The van der Waals surface area contributed by atoms with Crippen molar-refractivity contribution in [2.75, 3.05) is 32.7 Å². The van der Waals surface area contributed by atoms with Gasteiger partial charge in [-0.15, -0.1) is 11.3 Å². The maximum atomic E-state index is 11.9. The van der Waals surface area contributed by atoms with Gasteiger partial charge < -0.3 is 20.1 Å². The van der Waals surface area contributed by atoms with Gasteiger partial charge in [-0.3, -0.25) is 0 Å². The van der Waals surface area contributed by atoms with Crippen LogP contribution in [0.25, 0.3) is 0 Å². The number of nitrogens with one attached hydrogen (secondary N) is 2. The lowest BCUT2D eigenvalue weighted by Crippen LogP contribution is -2.31. The Morgan fingerprint density at radius 1 is 1.40 bits per heavy atom. The molecule has 0 spiro atoms. The molecule has 0 radical (unpaired) electrons. The van der Waals surface area contributed by atoms with Crippen molar-refractivity contribution >= 4 is 39.6 Å². The van der Waals surface area contributed by atoms with Crippen molar-refractivity contribution in [3.8, 4) is 0 Å². The smallest absolute Gasteiger partial charge is 0.341 e. The molecule has 1 rings (SSSR count). The van der Waals surface area contributed by atoms with Crippen LogP contribution in [0.1, 0.15) is 27.7 Å². The van der Waals surface area contributed by atoms with Gasteiger partial charge in [-0.2, -0.15) is 0 Å². The number of aryl methyl sites for hydroxylation is 1. The zero-order valence-electron chi connectivity index (χ0n) is 12.2. The predicted molar refractivity (Wildman–Crippen MR) is 85.9 cm³/mol. The van der Waals surface area contributed by atoms with E-state index in [1.807, 2.05) is 13.8 Å². The van der Waals surface area contributed by atoms with E-state index in [1.54, 1.807) is 7.11 Å². The number of thiocarbonyl (C=S) groups is 1. The molecule has 1 heterocycles. The highest BCUT2D eigenvalue weighted by Gasteiger charge is 2.22. The second kappa shape index (κ2) is 8.18. The van der Waals surface area contributed by atoms with Crippen LogP contribution in [0.4, 0.5) is 5.00 Å². The molecule has 2 N–H and O–H groups in total. The summed E-state index contributed by atoms with van der Waals surface area (Å²) in [6.07, 6.45) is 0.776. The molecule has 20 heavy (non-hydrogen) atoms. The Bertz CT molecular complexity index is 486. The standard InChI is InChI=1S/C13H20N2O3S2/c1-5-9-8(2)20-11(10(9)12(16)18-4)15-13(19)14-6-7-17-3/h5-7H2,1-4H3,(H2,14,15,19). The van der Waals surface area contributed by atoms with Crippen LogP contribution in [0.15, 0.2) is 0 Å². The third kappa shape index (κ3) is 4.16. The SMILES string of the molecule is CCc1c(C)sc(NC(=S)NCCOC)c1C(=O)OC. The van der Waals surface area contributed by atoms with Gasteiger partial charge in [0.15, 0.2) is 5.11 Å². The summed E-state index contributed by atoms with van der Waals surface area (Å²) >= 11 is 6.70. The molecule has 0 aliphatic rings. The third-order valence-electron chi connectivity index (χ3n) is 2.77. The maximum Gasteiger partial charge on any atom is 0.341 e. The summed E-state index contributed by atoms with van der Waals surface area (Å²) in [5.41, 5.74) is 1.58. The van der Waals surface area contributed by atoms with Gasteiger partial charge in [0, 0.05) is 18.5 Å². The number of carbonyl (C=O) groups excluding carboxylic acids is 1. The van der Waals surface area contributed by atoms with E-state index in [9.17, 15) is 4.79 Å². The highest BCUT2D eigenvalue weighted by Crippen LogP contribution is 2.33. The number of hydrogen-bond acceptors (Lipinski definition) is 5. The number of ether oxygens (including phenoxy) is 2. The summed E-state index contributed by atoms with van der Waals surface area (Å²) < 4.78 is 9.80. The molecule has 7 heteroatoms. The van der Waals surface area contributed by atoms with Crippen LogP contribution in [0.2, 0.25) is 0 Å². The van der Waals surface area contributed by atoms with Crippen molar-refractivity contribution in [1.29, 1.82) is 0 Å². The minimum Gasteiger partial charge on any atom is -0.465 e. The second-order valence-corrected chi connectivity index (χ2v) is 5.69. The van der Waals surface area contributed by atoms with Crippen molar-refractivity contribution in [3.05, 3.63) is 16.0 Å². The number of rotatable bonds is 6. The minimum absolute atomic E-state index is 0.339. The van der Waals surface area contributed by atoms with Crippen LogP contribution in [0.5, 0.6) is 0 Å². The fraction of sp³-hybridized carbons (Fsp3) is 0.538. The molecule has 0 aromatic carbocycles. The molecule has 1 aromatic rings. The topological polar surface area (TPSA) is 59.6 Å². The second-order valence-electron chi connectivity index (χ2n) is 4.06. The monoisotopic (exact) mass is 316 g/mol. The highest BCUT2D eigenvalue weighted by molar-refractivity contribution is 7.80. The van der Waals surface area contributed by atoms with Gasteiger partial charge in [-0.1, -0.05) is 6.92 Å². The third-order valence-corrected chi connectivity index (χ3v) is 4.08. The van der Waals surface area contributed by atoms with Gasteiger partial charge in [0.2, 0.25) is 0 Å². The first-order valence-corrected chi connectivity index (χ1v) is 7.51. The molecule has 0 fully saturated rings. The molecule has 0 unspecified atom stereocenters. The molecule has 0 bridgehead atoms. The van der Waals surface area contributed by atoms with Gasteiger partial charge in [0.25, 0.3) is 0 Å². The maximum absolute atomic E-state index is 11.9. The molecule has 5 nitrogen and oxygen atoms in total. The first-order chi connectivity index (χ1) is 9.54. The Labute approximate surface area is 128 Å². The van der Waals surface area contributed by atoms with E-state index in [-0.39, 0.29) is 5.97 Å². The molecule has 0 atom stereocenters. The van der Waals surface area contributed by atoms with Crippen molar-refractivity contribution < 1.29 is 14.3 Å². The number of esters is 1. The van der Waals surface area contributed by atoms with Gasteiger partial charge in [-0.25, -0.2) is 4.79 Å². The lowest BCUT2D eigenvalue weighted by atomic mass is 10.1. The number of hydrogen-bond donors (Lipinski definition) is 2. The summed E-state index contributed by atoms with van der Waals surface area (Å²) in [7, 11) is 3.01. The number of methoxy groups -OCH3 is 2. The van der Waals surface area contributed by atoms with Crippen LogP contribution in [-0.2, 0) is 15.9 Å². The Morgan fingerprint density at radius 3 is 2.65 bits per heavy atom. The molecular formula is C13H20N2O3S2. The van der Waals surface area contributed by atoms with E-state index in [1.165, 1.54) is 18.4 Å². The van der Waals surface area contributed by atoms with E-state index in [2.05, 4.69) is 10.6 Å². The van der Waals surface area contributed by atoms with Crippen LogP contribution >= 0.6 is 23.6 Å². The molecule has 112 valence electrons. The van der Waals surface area contributed by atoms with E-state index in [0.717, 1.165) is 21.9 Å². The first-order valence-electron chi connectivity index (χ1n) is 6.29. The zero-order chi connectivity index (χ0) is 15.1. The largest absolute Gasteiger partial charge is 0.465 e. The summed E-state index contributed by atoms with van der Waals surface area (Å²) in [5, 5.41) is 7.27. The molecule has 0 aliphatic heterocycles. The lowest BCUT2D eigenvalue weighted by molar-refractivity contribution is 0.0601. The lowest BCUT2D eigenvalue weighted by Gasteiger charge is -2.10. The fourth-order valence-electron chi connectivity index (χ4n) is 1.82. The van der Waals surface area contributed by atoms with Gasteiger partial charge >= 0.3 is 5.97 Å². The first kappa shape index (κ1) is 16.9. The van der Waals surface area contributed by atoms with E-state index >= 15 is 0 Å². The average molecular weight is 316 g/mol. The minimum atomic E-state index is -0.339. The van der Waals surface area contributed by atoms with Gasteiger partial charge in [-0.05, 0) is 31.1 Å². The van der Waals surface area contributed by atoms with Gasteiger partial charge in [0.1, 0.15) is 5.00 Å². The summed E-state index contributed by atoms with van der Waals surface area (Å²) in [5.74, 6) is -0.339. The molecule has 0 amide bonds. The highest BCUT2D eigenvalue weighted by atomic mass is 32.1. The molecule has 1 aromatic heterocycles. The Balaban J connectivity index is 2.89. The van der Waals surface area contributed by atoms with E-state index < -0.39 is 0 Å². The molecule has 0 saturated heterocycles. The zero-order valence-corrected chi connectivity index (χ0v) is 13.8. The summed E-state index contributed by atoms with van der Waals surface area (Å²) in [4.78, 5) is 13.0. The van der Waals surface area contributed by atoms with Crippen molar-refractivity contribution in [3.63, 3.8) is 0 Å². The van der Waals surface area contributed by atoms with E-state index in [0.29, 0.717) is 23.8 Å². The Morgan fingerprint density at radius 2 is 2.10 bits per heavy atom. The van der Waals surface area contributed by atoms with Crippen LogP contribution < -0.4 is 10.6 Å². The Kier molecular flexibility index (Phi) is 6.90. The number of carbonyl (C=O) groups is 1. The fourth-order valence-corrected chi connectivity index (χ4v) is 3.23. The van der Waals surface area contributed by atoms with Crippen LogP contribution in [-0.4, -0.2) is 38.5 Å². The molecule has 0 aliphatic carbocycles. The molecule has 0 saturated carbocycles. The van der Waals surface area contributed by atoms with Crippen molar-refractivity contribution in [2.45, 2.75) is 20.3 Å². The predicted octanol–water partition coefficient (Wildman–Crippen LogP) is 2.34. The molecular weight excluding hydrogens is 296 g/mol. The van der Waals surface area contributed by atoms with Crippen molar-refractivity contribution in [2.24, 2.45) is 0 Å². The summed E-state index contributed by atoms with van der Waals surface area (Å²) in [6.45, 7) is 5.18. The number of thiophene rings is 1. The van der Waals surface area contributed by atoms with E-state index in [4.69, 9.17) is 21.7 Å². The summed E-state index contributed by atoms with van der Waals surface area (Å²) in [6, 6.07) is 0. The number of anilines is 1. The van der Waals surface area contributed by atoms with Crippen LogP contribution in [0, 0.1) is 6.92 Å². The quantitative estimate of drug-likeness (QED) is 0.477. The Hall–Kier alpha value is -1.18. The van der Waals surface area contributed by atoms with Gasteiger partial charge in [0.05, 0.1) is 19.3 Å². The van der Waals surface area contributed by atoms with Crippen LogP contribution in [0.3, 0.4) is 0 Å². The average Bonchev–Trinajstić information content (AvgIpc) is 2.73. The normalized spacial score (nSPS) is 10.2.